The molecule has 1 aromatic rings. The van der Waals surface area contributed by atoms with Crippen LogP contribution in [0.4, 0.5) is 18.9 Å². The number of piperazine rings is 1. The van der Waals surface area contributed by atoms with E-state index in [-0.39, 0.29) is 18.4 Å². The summed E-state index contributed by atoms with van der Waals surface area (Å²) < 4.78 is 58.5. The molecular weight excluding hydrogens is 521 g/mol. The van der Waals surface area contributed by atoms with E-state index in [4.69, 9.17) is 36.2 Å². The fraction of sp³-hybridized carbons (Fsp3) is 0.741. The second-order valence-corrected chi connectivity index (χ2v) is 12.2. The molecule has 1 saturated carbocycles. The molecule has 210 valence electrons. The average Bonchev–Trinajstić information content (AvgIpc) is 2.96. The quantitative estimate of drug-likeness (QED) is 0.375. The van der Waals surface area contributed by atoms with Crippen molar-refractivity contribution in [1.82, 2.24) is 4.90 Å². The second-order valence-electron chi connectivity index (χ2n) is 11.9. The first-order valence-electron chi connectivity index (χ1n) is 13.5. The van der Waals surface area contributed by atoms with Gasteiger partial charge in [-0.05, 0) is 75.4 Å². The standard InChI is InChI=1S/C27H35F3N2O5S/c1-17-7-8-21-24(2,34-22-26(21)20(17)9-10-25(3,35-22)36-37-26)16-33-23(38)32-13-11-31(12-14-32)19-6-4-5-18(15-19)27(28,29)30/h4-6,15,17,20-22H,7-14,16H2,1-3H3/t17-,20+,21?,22-,24-,25-,26-/m1/s1. The Morgan fingerprint density at radius 2 is 1.84 bits per heavy atom. The minimum Gasteiger partial charge on any atom is -0.468 e. The highest BCUT2D eigenvalue weighted by atomic mass is 32.1. The summed E-state index contributed by atoms with van der Waals surface area (Å²) in [7, 11) is 0. The molecule has 6 fully saturated rings. The first kappa shape index (κ1) is 26.6. The molecule has 7 rings (SSSR count). The molecule has 5 heterocycles. The minimum atomic E-state index is -4.36. The number of benzene rings is 1. The van der Waals surface area contributed by atoms with Gasteiger partial charge in [0.15, 0.2) is 11.9 Å². The highest BCUT2D eigenvalue weighted by Gasteiger charge is 2.74. The fourth-order valence-corrected chi connectivity index (χ4v) is 7.51. The maximum Gasteiger partial charge on any atom is 0.416 e. The van der Waals surface area contributed by atoms with E-state index >= 15 is 0 Å². The topological polar surface area (TPSA) is 52.6 Å². The van der Waals surface area contributed by atoms with Crippen molar-refractivity contribution in [2.45, 2.75) is 75.9 Å². The smallest absolute Gasteiger partial charge is 0.416 e. The van der Waals surface area contributed by atoms with Gasteiger partial charge in [-0.1, -0.05) is 13.0 Å². The van der Waals surface area contributed by atoms with Crippen LogP contribution < -0.4 is 4.90 Å². The summed E-state index contributed by atoms with van der Waals surface area (Å²) in [5, 5.41) is 0.373. The Morgan fingerprint density at radius 1 is 1.08 bits per heavy atom. The molecule has 0 radical (unpaired) electrons. The largest absolute Gasteiger partial charge is 0.468 e. The van der Waals surface area contributed by atoms with Crippen LogP contribution in [-0.4, -0.2) is 66.1 Å². The number of halogens is 3. The van der Waals surface area contributed by atoms with Crippen LogP contribution in [0.1, 0.15) is 52.0 Å². The summed E-state index contributed by atoms with van der Waals surface area (Å²) in [6.07, 6.45) is -1.18. The van der Waals surface area contributed by atoms with Crippen molar-refractivity contribution in [2.75, 3.05) is 37.7 Å². The third-order valence-corrected chi connectivity index (χ3v) is 9.77. The van der Waals surface area contributed by atoms with E-state index in [1.165, 1.54) is 12.1 Å². The molecule has 5 saturated heterocycles. The van der Waals surface area contributed by atoms with Crippen molar-refractivity contribution in [3.63, 3.8) is 0 Å². The van der Waals surface area contributed by atoms with Crippen LogP contribution in [0.15, 0.2) is 24.3 Å². The van der Waals surface area contributed by atoms with E-state index in [0.29, 0.717) is 43.0 Å². The predicted octanol–water partition coefficient (Wildman–Crippen LogP) is 5.13. The Morgan fingerprint density at radius 3 is 2.58 bits per heavy atom. The zero-order valence-electron chi connectivity index (χ0n) is 22.0. The monoisotopic (exact) mass is 556 g/mol. The van der Waals surface area contributed by atoms with Gasteiger partial charge in [0.05, 0.1) is 5.56 Å². The highest BCUT2D eigenvalue weighted by molar-refractivity contribution is 7.80. The van der Waals surface area contributed by atoms with E-state index < -0.39 is 35.0 Å². The van der Waals surface area contributed by atoms with Crippen molar-refractivity contribution in [3.05, 3.63) is 29.8 Å². The number of alkyl halides is 3. The summed E-state index contributed by atoms with van der Waals surface area (Å²) >= 11 is 5.64. The number of rotatable bonds is 3. The van der Waals surface area contributed by atoms with E-state index in [1.54, 1.807) is 6.07 Å². The van der Waals surface area contributed by atoms with Gasteiger partial charge in [-0.15, -0.1) is 0 Å². The lowest BCUT2D eigenvalue weighted by Gasteiger charge is -2.50. The van der Waals surface area contributed by atoms with E-state index in [1.807, 2.05) is 23.6 Å². The second kappa shape index (κ2) is 9.19. The summed E-state index contributed by atoms with van der Waals surface area (Å²) in [6, 6.07) is 5.44. The molecule has 7 nitrogen and oxygen atoms in total. The van der Waals surface area contributed by atoms with Crippen LogP contribution in [0.25, 0.3) is 0 Å². The molecule has 5 aliphatic heterocycles. The first-order valence-corrected chi connectivity index (χ1v) is 13.9. The zero-order valence-corrected chi connectivity index (χ0v) is 22.8. The first-order chi connectivity index (χ1) is 17.9. The van der Waals surface area contributed by atoms with Gasteiger partial charge in [0.25, 0.3) is 5.17 Å². The molecule has 0 aromatic heterocycles. The number of ether oxygens (including phenoxy) is 3. The van der Waals surface area contributed by atoms with Gasteiger partial charge >= 0.3 is 6.18 Å². The van der Waals surface area contributed by atoms with Crippen LogP contribution in [0.5, 0.6) is 0 Å². The van der Waals surface area contributed by atoms with Crippen LogP contribution in [0.2, 0.25) is 0 Å². The third-order valence-electron chi connectivity index (χ3n) is 9.39. The van der Waals surface area contributed by atoms with Crippen LogP contribution >= 0.6 is 12.2 Å². The van der Waals surface area contributed by atoms with Gasteiger partial charge in [0.1, 0.15) is 12.2 Å². The summed E-state index contributed by atoms with van der Waals surface area (Å²) in [6.45, 7) is 8.68. The molecule has 0 N–H and O–H groups in total. The SMILES string of the molecule is C[C@@H]1CCC2[C@]34OO[C@](C)(CC[C@@H]13)O[C@H]4O[C@]2(C)COC(=S)N1CCN(c2cccc(C(F)(F)F)c2)CC1. The predicted molar refractivity (Wildman–Crippen MR) is 136 cm³/mol. The van der Waals surface area contributed by atoms with Crippen molar-refractivity contribution in [1.29, 1.82) is 0 Å². The zero-order chi connectivity index (χ0) is 26.9. The van der Waals surface area contributed by atoms with E-state index in [9.17, 15) is 13.2 Å². The summed E-state index contributed by atoms with van der Waals surface area (Å²) in [4.78, 5) is 16.0. The molecule has 0 amide bonds. The van der Waals surface area contributed by atoms with Crippen molar-refractivity contribution < 1.29 is 37.2 Å². The fourth-order valence-electron chi connectivity index (χ4n) is 7.27. The number of fused-ring (bicyclic) bond motifs is 2. The van der Waals surface area contributed by atoms with Gasteiger partial charge < -0.3 is 24.0 Å². The van der Waals surface area contributed by atoms with E-state index in [2.05, 4.69) is 6.92 Å². The maximum absolute atomic E-state index is 13.1. The van der Waals surface area contributed by atoms with Gasteiger partial charge in [-0.25, -0.2) is 9.78 Å². The van der Waals surface area contributed by atoms with Crippen molar-refractivity contribution >= 4 is 23.1 Å². The number of hydrogen-bond acceptors (Lipinski definition) is 7. The molecule has 1 unspecified atom stereocenters. The van der Waals surface area contributed by atoms with Gasteiger partial charge in [0, 0.05) is 44.2 Å². The lowest BCUT2D eigenvalue weighted by molar-refractivity contribution is -0.541. The van der Waals surface area contributed by atoms with Crippen molar-refractivity contribution in [2.24, 2.45) is 17.8 Å². The normalized spacial score (nSPS) is 40.6. The Bertz CT molecular complexity index is 1090. The molecule has 6 aliphatic rings. The number of hydrogen-bond donors (Lipinski definition) is 0. The molecular formula is C27H35F3N2O5S. The summed E-state index contributed by atoms with van der Waals surface area (Å²) in [5.74, 6) is -0.0433. The van der Waals surface area contributed by atoms with Gasteiger partial charge in [-0.3, -0.25) is 0 Å². The Labute approximate surface area is 226 Å². The van der Waals surface area contributed by atoms with Crippen LogP contribution in [-0.2, 0) is 30.2 Å². The minimum absolute atomic E-state index is 0.0319. The lowest BCUT2D eigenvalue weighted by Crippen LogP contribution is -2.62. The van der Waals surface area contributed by atoms with E-state index in [0.717, 1.165) is 31.7 Å². The van der Waals surface area contributed by atoms with Gasteiger partial charge in [0.2, 0.25) is 5.79 Å². The molecule has 1 aromatic carbocycles. The van der Waals surface area contributed by atoms with Crippen molar-refractivity contribution in [3.8, 4) is 0 Å². The Balaban J connectivity index is 1.10. The molecule has 11 heteroatoms. The van der Waals surface area contributed by atoms with Crippen LogP contribution in [0.3, 0.4) is 0 Å². The molecule has 1 spiro atoms. The Hall–Kier alpha value is -1.66. The number of nitrogens with zero attached hydrogens (tertiary/aromatic N) is 2. The average molecular weight is 557 g/mol. The lowest BCUT2D eigenvalue weighted by atomic mass is 9.60. The molecule has 38 heavy (non-hydrogen) atoms. The number of anilines is 1. The molecule has 2 bridgehead atoms. The number of thiocarbonyl (C=S) groups is 1. The molecule has 1 aliphatic carbocycles. The Kier molecular flexibility index (Phi) is 6.42. The maximum atomic E-state index is 13.1. The van der Waals surface area contributed by atoms with Gasteiger partial charge in [-0.2, -0.15) is 13.2 Å². The summed E-state index contributed by atoms with van der Waals surface area (Å²) in [5.41, 5.74) is -1.41. The van der Waals surface area contributed by atoms with Crippen LogP contribution in [0, 0.1) is 17.8 Å². The third kappa shape index (κ3) is 4.29. The molecule has 7 atom stereocenters. The highest BCUT2D eigenvalue weighted by Crippen LogP contribution is 2.63.